The van der Waals surface area contributed by atoms with E-state index in [0.717, 1.165) is 16.0 Å². The number of aromatic nitrogens is 3. The predicted octanol–water partition coefficient (Wildman–Crippen LogP) is 3.30. The van der Waals surface area contributed by atoms with Gasteiger partial charge >= 0.3 is 0 Å². The van der Waals surface area contributed by atoms with Gasteiger partial charge in [0.15, 0.2) is 5.65 Å². The topological polar surface area (TPSA) is 77.8 Å². The van der Waals surface area contributed by atoms with Crippen molar-refractivity contribution in [1.82, 2.24) is 14.6 Å². The molecule has 0 spiro atoms. The zero-order chi connectivity index (χ0) is 17.6. The molecule has 1 amide bonds. The van der Waals surface area contributed by atoms with Crippen molar-refractivity contribution in [2.75, 3.05) is 19.0 Å². The molecule has 7 nitrogen and oxygen atoms in total. The van der Waals surface area contributed by atoms with E-state index in [0.29, 0.717) is 30.8 Å². The van der Waals surface area contributed by atoms with Crippen molar-refractivity contribution < 1.29 is 14.3 Å². The Morgan fingerprint density at radius 1 is 1.28 bits per heavy atom. The van der Waals surface area contributed by atoms with Gasteiger partial charge in [0.2, 0.25) is 5.91 Å². The molecule has 0 bridgehead atoms. The second-order valence-corrected chi connectivity index (χ2v) is 6.23. The molecule has 8 heteroatoms. The molecule has 0 radical (unpaired) electrons. The average Bonchev–Trinajstić information content (AvgIpc) is 3.08. The van der Waals surface area contributed by atoms with Crippen LogP contribution in [-0.2, 0) is 4.79 Å². The van der Waals surface area contributed by atoms with Crippen molar-refractivity contribution in [1.29, 1.82) is 0 Å². The highest BCUT2D eigenvalue weighted by atomic mass is 79.9. The molecule has 2 aromatic heterocycles. The van der Waals surface area contributed by atoms with Gasteiger partial charge in [-0.05, 0) is 52.7 Å². The van der Waals surface area contributed by atoms with Crippen LogP contribution in [0, 0.1) is 0 Å². The first-order valence-corrected chi connectivity index (χ1v) is 8.50. The number of anilines is 1. The summed E-state index contributed by atoms with van der Waals surface area (Å²) in [5, 5.41) is 10.7. The molecule has 2 heterocycles. The highest BCUT2D eigenvalue weighted by molar-refractivity contribution is 9.10. The predicted molar refractivity (Wildman–Crippen MR) is 97.0 cm³/mol. The van der Waals surface area contributed by atoms with Gasteiger partial charge in [-0.25, -0.2) is 0 Å². The minimum Gasteiger partial charge on any atom is -0.497 e. The lowest BCUT2D eigenvalue weighted by Crippen LogP contribution is -2.13. The van der Waals surface area contributed by atoms with Crippen molar-refractivity contribution in [2.45, 2.75) is 12.8 Å². The van der Waals surface area contributed by atoms with Gasteiger partial charge in [-0.1, -0.05) is 0 Å². The quantitative estimate of drug-likeness (QED) is 0.611. The number of ether oxygens (including phenoxy) is 2. The smallest absolute Gasteiger partial charge is 0.224 e. The number of benzene rings is 1. The molecule has 1 aromatic carbocycles. The second-order valence-electron chi connectivity index (χ2n) is 5.31. The van der Waals surface area contributed by atoms with Crippen LogP contribution in [0.25, 0.3) is 5.65 Å². The largest absolute Gasteiger partial charge is 0.497 e. The second kappa shape index (κ2) is 7.98. The maximum atomic E-state index is 12.1. The average molecular weight is 405 g/mol. The molecule has 0 unspecified atom stereocenters. The minimum atomic E-state index is -0.0960. The standard InChI is InChI=1S/C17H17BrN4O3/c1-24-13-4-6-14(7-5-13)25-8-2-3-16(23)20-15-9-12(18)10-22-11-19-21-17(15)22/h4-7,9-11H,2-3,8H2,1H3,(H,20,23). The first-order valence-electron chi connectivity index (χ1n) is 7.71. The molecular formula is C17H17BrN4O3. The van der Waals surface area contributed by atoms with E-state index in [-0.39, 0.29) is 5.91 Å². The zero-order valence-corrected chi connectivity index (χ0v) is 15.2. The number of carbonyl (C=O) groups is 1. The van der Waals surface area contributed by atoms with E-state index in [4.69, 9.17) is 9.47 Å². The first kappa shape index (κ1) is 17.2. The summed E-state index contributed by atoms with van der Waals surface area (Å²) in [6.45, 7) is 0.457. The lowest BCUT2D eigenvalue weighted by atomic mass is 10.3. The highest BCUT2D eigenvalue weighted by Crippen LogP contribution is 2.21. The zero-order valence-electron chi connectivity index (χ0n) is 13.6. The van der Waals surface area contributed by atoms with E-state index in [1.165, 1.54) is 0 Å². The Morgan fingerprint density at radius 3 is 2.80 bits per heavy atom. The molecule has 25 heavy (non-hydrogen) atoms. The van der Waals surface area contributed by atoms with Crippen LogP contribution in [0.3, 0.4) is 0 Å². The van der Waals surface area contributed by atoms with Gasteiger partial charge < -0.3 is 14.8 Å². The molecule has 0 saturated carbocycles. The molecule has 0 aliphatic heterocycles. The third kappa shape index (κ3) is 4.48. The lowest BCUT2D eigenvalue weighted by molar-refractivity contribution is -0.116. The summed E-state index contributed by atoms with van der Waals surface area (Å²) in [5.41, 5.74) is 1.22. The third-order valence-electron chi connectivity index (χ3n) is 3.51. The molecular weight excluding hydrogens is 388 g/mol. The van der Waals surface area contributed by atoms with E-state index in [9.17, 15) is 4.79 Å². The number of methoxy groups -OCH3 is 1. The van der Waals surface area contributed by atoms with Crippen molar-refractivity contribution in [3.8, 4) is 11.5 Å². The van der Waals surface area contributed by atoms with E-state index in [2.05, 4.69) is 31.4 Å². The number of hydrogen-bond acceptors (Lipinski definition) is 5. The van der Waals surface area contributed by atoms with Crippen LogP contribution >= 0.6 is 15.9 Å². The molecule has 0 aliphatic rings. The number of fused-ring (bicyclic) bond motifs is 1. The van der Waals surface area contributed by atoms with Gasteiger partial charge in [-0.15, -0.1) is 10.2 Å². The number of hydrogen-bond donors (Lipinski definition) is 1. The van der Waals surface area contributed by atoms with E-state index in [1.807, 2.05) is 30.5 Å². The summed E-state index contributed by atoms with van der Waals surface area (Å²) in [4.78, 5) is 12.1. The van der Waals surface area contributed by atoms with E-state index >= 15 is 0 Å². The number of nitrogens with one attached hydrogen (secondary N) is 1. The monoisotopic (exact) mass is 404 g/mol. The van der Waals surface area contributed by atoms with Crippen LogP contribution in [0.15, 0.2) is 47.3 Å². The minimum absolute atomic E-state index is 0.0960. The van der Waals surface area contributed by atoms with Gasteiger partial charge in [0, 0.05) is 17.1 Å². The van der Waals surface area contributed by atoms with Crippen LogP contribution in [0.1, 0.15) is 12.8 Å². The van der Waals surface area contributed by atoms with Crippen molar-refractivity contribution in [2.24, 2.45) is 0 Å². The lowest BCUT2D eigenvalue weighted by Gasteiger charge is -2.08. The fraction of sp³-hybridized carbons (Fsp3) is 0.235. The summed E-state index contributed by atoms with van der Waals surface area (Å²) in [6.07, 6.45) is 4.37. The number of halogens is 1. The van der Waals surface area contributed by atoms with Gasteiger partial charge in [-0.2, -0.15) is 0 Å². The Kier molecular flexibility index (Phi) is 5.49. The normalized spacial score (nSPS) is 10.6. The molecule has 130 valence electrons. The van der Waals surface area contributed by atoms with Crippen LogP contribution in [-0.4, -0.2) is 34.2 Å². The van der Waals surface area contributed by atoms with Gasteiger partial charge in [-0.3, -0.25) is 9.20 Å². The summed E-state index contributed by atoms with van der Waals surface area (Å²) >= 11 is 3.40. The van der Waals surface area contributed by atoms with Crippen molar-refractivity contribution in [3.63, 3.8) is 0 Å². The molecule has 0 fully saturated rings. The van der Waals surface area contributed by atoms with Crippen LogP contribution in [0.5, 0.6) is 11.5 Å². The van der Waals surface area contributed by atoms with Gasteiger partial charge in [0.05, 0.1) is 19.4 Å². The molecule has 3 aromatic rings. The summed E-state index contributed by atoms with van der Waals surface area (Å²) in [6, 6.07) is 9.14. The Morgan fingerprint density at radius 2 is 2.04 bits per heavy atom. The maximum absolute atomic E-state index is 12.1. The first-order chi connectivity index (χ1) is 12.2. The fourth-order valence-corrected chi connectivity index (χ4v) is 2.75. The summed E-state index contributed by atoms with van der Waals surface area (Å²) in [5.74, 6) is 1.43. The molecule has 0 saturated heterocycles. The summed E-state index contributed by atoms with van der Waals surface area (Å²) in [7, 11) is 1.62. The van der Waals surface area contributed by atoms with E-state index in [1.54, 1.807) is 23.9 Å². The highest BCUT2D eigenvalue weighted by Gasteiger charge is 2.09. The Balaban J connectivity index is 1.48. The number of rotatable bonds is 7. The third-order valence-corrected chi connectivity index (χ3v) is 3.94. The van der Waals surface area contributed by atoms with Crippen molar-refractivity contribution >= 4 is 33.2 Å². The van der Waals surface area contributed by atoms with Crippen LogP contribution in [0.4, 0.5) is 5.69 Å². The SMILES string of the molecule is COc1ccc(OCCCC(=O)Nc2cc(Br)cn3cnnc23)cc1. The fourth-order valence-electron chi connectivity index (χ4n) is 2.30. The molecule has 3 rings (SSSR count). The number of nitrogens with zero attached hydrogens (tertiary/aromatic N) is 3. The van der Waals surface area contributed by atoms with Crippen LogP contribution in [0.2, 0.25) is 0 Å². The maximum Gasteiger partial charge on any atom is 0.224 e. The molecule has 1 N–H and O–H groups in total. The summed E-state index contributed by atoms with van der Waals surface area (Å²) < 4.78 is 13.3. The van der Waals surface area contributed by atoms with E-state index < -0.39 is 0 Å². The molecule has 0 aliphatic carbocycles. The number of amides is 1. The Bertz CT molecular complexity index is 864. The van der Waals surface area contributed by atoms with Crippen molar-refractivity contribution in [3.05, 3.63) is 47.3 Å². The molecule has 0 atom stereocenters. The number of carbonyl (C=O) groups excluding carboxylic acids is 1. The Labute approximate surface area is 153 Å². The Hall–Kier alpha value is -2.61. The van der Waals surface area contributed by atoms with Crippen LogP contribution < -0.4 is 14.8 Å². The van der Waals surface area contributed by atoms with Gasteiger partial charge in [0.1, 0.15) is 17.8 Å². The number of pyridine rings is 1. The van der Waals surface area contributed by atoms with Gasteiger partial charge in [0.25, 0.3) is 0 Å².